The highest BCUT2D eigenvalue weighted by atomic mass is 35.5. The fourth-order valence-electron chi connectivity index (χ4n) is 2.31. The third-order valence-electron chi connectivity index (χ3n) is 3.51. The minimum atomic E-state index is 0.515. The van der Waals surface area contributed by atoms with Crippen LogP contribution >= 0.6 is 11.6 Å². The summed E-state index contributed by atoms with van der Waals surface area (Å²) in [6, 6.07) is 16.0. The quantitative estimate of drug-likeness (QED) is 0.605. The van der Waals surface area contributed by atoms with Gasteiger partial charge in [0.2, 0.25) is 0 Å². The highest BCUT2D eigenvalue weighted by Crippen LogP contribution is 2.30. The fourth-order valence-corrected chi connectivity index (χ4v) is 2.61. The van der Waals surface area contributed by atoms with Gasteiger partial charge in [0.15, 0.2) is 5.75 Å². The molecule has 0 N–H and O–H groups in total. The first-order valence-electron chi connectivity index (χ1n) is 6.87. The predicted molar refractivity (Wildman–Crippen MR) is 87.3 cm³/mol. The van der Waals surface area contributed by atoms with Gasteiger partial charge in [0.25, 0.3) is 0 Å². The Bertz CT molecular complexity index is 798. The van der Waals surface area contributed by atoms with E-state index in [0.717, 1.165) is 39.2 Å². The number of pyridine rings is 1. The van der Waals surface area contributed by atoms with Crippen LogP contribution in [-0.4, -0.2) is 4.98 Å². The maximum Gasteiger partial charge on any atom is 0.153 e. The van der Waals surface area contributed by atoms with Gasteiger partial charge in [0, 0.05) is 17.0 Å². The Morgan fingerprint density at radius 3 is 2.67 bits per heavy atom. The number of para-hydroxylation sites is 1. The minimum Gasteiger partial charge on any atom is -0.455 e. The van der Waals surface area contributed by atoms with E-state index in [1.54, 1.807) is 0 Å². The normalized spacial score (nSPS) is 10.8. The summed E-state index contributed by atoms with van der Waals surface area (Å²) in [5, 5.41) is 1.08. The molecule has 3 aromatic rings. The molecule has 2 aromatic carbocycles. The van der Waals surface area contributed by atoms with Gasteiger partial charge in [-0.3, -0.25) is 0 Å². The average molecular weight is 298 g/mol. The molecule has 0 unspecified atom stereocenters. The fraction of sp³-hybridized carbons (Fsp3) is 0.167. The van der Waals surface area contributed by atoms with Crippen LogP contribution in [0, 0.1) is 13.8 Å². The summed E-state index contributed by atoms with van der Waals surface area (Å²) < 4.78 is 6.02. The monoisotopic (exact) mass is 297 g/mol. The maximum atomic E-state index is 6.02. The molecule has 2 nitrogen and oxygen atoms in total. The van der Waals surface area contributed by atoms with E-state index < -0.39 is 0 Å². The first-order valence-corrected chi connectivity index (χ1v) is 7.40. The van der Waals surface area contributed by atoms with Crippen LogP contribution in [0.2, 0.25) is 0 Å². The minimum absolute atomic E-state index is 0.515. The van der Waals surface area contributed by atoms with Crippen LogP contribution in [0.3, 0.4) is 0 Å². The van der Waals surface area contributed by atoms with E-state index in [-0.39, 0.29) is 0 Å². The van der Waals surface area contributed by atoms with Crippen LogP contribution in [0.15, 0.2) is 48.5 Å². The first-order chi connectivity index (χ1) is 10.2. The van der Waals surface area contributed by atoms with Crippen LogP contribution < -0.4 is 4.74 Å². The van der Waals surface area contributed by atoms with Crippen molar-refractivity contribution in [3.8, 4) is 11.5 Å². The van der Waals surface area contributed by atoms with E-state index in [1.165, 1.54) is 0 Å². The first kappa shape index (κ1) is 13.9. The number of nitrogens with zero attached hydrogens (tertiary/aromatic N) is 1. The molecule has 0 fully saturated rings. The third kappa shape index (κ3) is 2.86. The number of ether oxygens (including phenoxy) is 1. The number of hydrogen-bond donors (Lipinski definition) is 0. The summed E-state index contributed by atoms with van der Waals surface area (Å²) in [7, 11) is 0. The van der Waals surface area contributed by atoms with Gasteiger partial charge in [-0.15, -0.1) is 11.6 Å². The van der Waals surface area contributed by atoms with Crippen LogP contribution in [-0.2, 0) is 5.88 Å². The lowest BCUT2D eigenvalue weighted by molar-refractivity contribution is 0.486. The molecule has 0 bridgehead atoms. The van der Waals surface area contributed by atoms with E-state index in [9.17, 15) is 0 Å². The van der Waals surface area contributed by atoms with Gasteiger partial charge in [-0.2, -0.15) is 0 Å². The van der Waals surface area contributed by atoms with E-state index in [4.69, 9.17) is 16.3 Å². The van der Waals surface area contributed by atoms with Crippen molar-refractivity contribution < 1.29 is 4.74 Å². The number of alkyl halides is 1. The number of halogens is 1. The molecular formula is C18H16ClNO. The van der Waals surface area contributed by atoms with Crippen molar-refractivity contribution in [3.05, 3.63) is 65.4 Å². The lowest BCUT2D eigenvalue weighted by Crippen LogP contribution is -1.91. The smallest absolute Gasteiger partial charge is 0.153 e. The lowest BCUT2D eigenvalue weighted by atomic mass is 10.1. The maximum absolute atomic E-state index is 6.02. The Hall–Kier alpha value is -2.06. The molecule has 0 radical (unpaired) electrons. The van der Waals surface area contributed by atoms with Crippen LogP contribution in [0.1, 0.15) is 16.8 Å². The van der Waals surface area contributed by atoms with E-state index in [0.29, 0.717) is 5.88 Å². The molecule has 0 spiro atoms. The Labute approximate surface area is 129 Å². The molecule has 0 saturated carbocycles. The van der Waals surface area contributed by atoms with Crippen molar-refractivity contribution in [2.24, 2.45) is 0 Å². The number of hydrogen-bond acceptors (Lipinski definition) is 2. The summed E-state index contributed by atoms with van der Waals surface area (Å²) in [5.74, 6) is 2.09. The number of fused-ring (bicyclic) bond motifs is 1. The van der Waals surface area contributed by atoms with Crippen molar-refractivity contribution in [1.82, 2.24) is 4.98 Å². The van der Waals surface area contributed by atoms with E-state index in [2.05, 4.69) is 11.1 Å². The molecule has 0 aliphatic rings. The molecule has 1 heterocycles. The lowest BCUT2D eigenvalue weighted by Gasteiger charge is -2.10. The van der Waals surface area contributed by atoms with Crippen molar-refractivity contribution in [2.45, 2.75) is 19.7 Å². The van der Waals surface area contributed by atoms with Crippen LogP contribution in [0.25, 0.3) is 10.9 Å². The highest BCUT2D eigenvalue weighted by Gasteiger charge is 2.06. The molecule has 3 rings (SSSR count). The summed E-state index contributed by atoms with van der Waals surface area (Å²) in [5.41, 5.74) is 4.12. The molecule has 0 amide bonds. The average Bonchev–Trinajstić information content (AvgIpc) is 2.48. The van der Waals surface area contributed by atoms with Gasteiger partial charge in [-0.05, 0) is 49.2 Å². The second-order valence-electron chi connectivity index (χ2n) is 5.10. The largest absolute Gasteiger partial charge is 0.455 e. The molecule has 0 saturated heterocycles. The van der Waals surface area contributed by atoms with Gasteiger partial charge in [0.1, 0.15) is 11.3 Å². The summed E-state index contributed by atoms with van der Waals surface area (Å²) >= 11 is 5.89. The zero-order valence-electron chi connectivity index (χ0n) is 12.1. The van der Waals surface area contributed by atoms with E-state index >= 15 is 0 Å². The Kier molecular flexibility index (Phi) is 3.80. The van der Waals surface area contributed by atoms with Crippen LogP contribution in [0.5, 0.6) is 11.5 Å². The Morgan fingerprint density at radius 1 is 1.05 bits per heavy atom. The molecule has 106 valence electrons. The van der Waals surface area contributed by atoms with Crippen molar-refractivity contribution in [1.29, 1.82) is 0 Å². The molecule has 21 heavy (non-hydrogen) atoms. The number of rotatable bonds is 3. The SMILES string of the molecule is Cc1ccc2cccc(Oc3ccc(CCl)c(C)c3)c2n1. The van der Waals surface area contributed by atoms with Crippen LogP contribution in [0.4, 0.5) is 0 Å². The number of aromatic nitrogens is 1. The predicted octanol–water partition coefficient (Wildman–Crippen LogP) is 5.38. The van der Waals surface area contributed by atoms with Gasteiger partial charge in [-0.1, -0.05) is 24.3 Å². The Morgan fingerprint density at radius 2 is 1.90 bits per heavy atom. The summed E-state index contributed by atoms with van der Waals surface area (Å²) in [6.07, 6.45) is 0. The molecule has 3 heteroatoms. The van der Waals surface area contributed by atoms with Gasteiger partial charge >= 0.3 is 0 Å². The second-order valence-corrected chi connectivity index (χ2v) is 5.37. The summed E-state index contributed by atoms with van der Waals surface area (Å²) in [6.45, 7) is 4.02. The Balaban J connectivity index is 2.01. The molecule has 0 aliphatic heterocycles. The number of benzene rings is 2. The molecule has 0 aliphatic carbocycles. The zero-order chi connectivity index (χ0) is 14.8. The van der Waals surface area contributed by atoms with Crippen molar-refractivity contribution in [3.63, 3.8) is 0 Å². The van der Waals surface area contributed by atoms with Crippen molar-refractivity contribution >= 4 is 22.5 Å². The second kappa shape index (κ2) is 5.74. The third-order valence-corrected chi connectivity index (χ3v) is 3.80. The molecule has 1 aromatic heterocycles. The standard InChI is InChI=1S/C18H16ClNO/c1-12-10-16(9-8-15(12)11-19)21-17-5-3-4-14-7-6-13(2)20-18(14)17/h3-10H,11H2,1-2H3. The van der Waals surface area contributed by atoms with Gasteiger partial charge in [-0.25, -0.2) is 4.98 Å². The summed E-state index contributed by atoms with van der Waals surface area (Å²) in [4.78, 5) is 4.58. The molecular weight excluding hydrogens is 282 g/mol. The zero-order valence-corrected chi connectivity index (χ0v) is 12.8. The topological polar surface area (TPSA) is 22.1 Å². The van der Waals surface area contributed by atoms with E-state index in [1.807, 2.05) is 56.3 Å². The van der Waals surface area contributed by atoms with Gasteiger partial charge < -0.3 is 4.74 Å². The highest BCUT2D eigenvalue weighted by molar-refractivity contribution is 6.17. The molecule has 0 atom stereocenters. The van der Waals surface area contributed by atoms with Crippen molar-refractivity contribution in [2.75, 3.05) is 0 Å². The van der Waals surface area contributed by atoms with Gasteiger partial charge in [0.05, 0.1) is 0 Å². The number of aryl methyl sites for hydroxylation is 2.